The molecule has 4 heteroatoms. The molecule has 2 aromatic rings. The second-order valence-electron chi connectivity index (χ2n) is 3.11. The molecule has 2 heterocycles. The van der Waals surface area contributed by atoms with Gasteiger partial charge in [-0.3, -0.25) is 0 Å². The molecule has 0 N–H and O–H groups in total. The van der Waals surface area contributed by atoms with Gasteiger partial charge in [0, 0.05) is 10.3 Å². The van der Waals surface area contributed by atoms with E-state index in [1.54, 1.807) is 17.6 Å². The second-order valence-corrected chi connectivity index (χ2v) is 4.46. The molecule has 14 heavy (non-hydrogen) atoms. The summed E-state index contributed by atoms with van der Waals surface area (Å²) in [4.78, 5) is 5.58. The molecule has 0 bridgehead atoms. The highest BCUT2D eigenvalue weighted by Gasteiger charge is 2.11. The van der Waals surface area contributed by atoms with Crippen LogP contribution in [0.25, 0.3) is 11.5 Å². The fourth-order valence-electron chi connectivity index (χ4n) is 1.22. The van der Waals surface area contributed by atoms with E-state index in [1.807, 2.05) is 0 Å². The number of alkyl halides is 1. The number of hydrogen-bond donors (Lipinski definition) is 0. The summed E-state index contributed by atoms with van der Waals surface area (Å²) in [6.45, 7) is 4.17. The van der Waals surface area contributed by atoms with Crippen molar-refractivity contribution < 1.29 is 4.42 Å². The van der Waals surface area contributed by atoms with Gasteiger partial charge in [-0.15, -0.1) is 22.9 Å². The lowest BCUT2D eigenvalue weighted by atomic mass is 10.2. The summed E-state index contributed by atoms with van der Waals surface area (Å²) in [6, 6.07) is 0. The van der Waals surface area contributed by atoms with Crippen LogP contribution in [-0.4, -0.2) is 4.98 Å². The second kappa shape index (κ2) is 3.75. The Bertz CT molecular complexity index is 447. The van der Waals surface area contributed by atoms with Crippen LogP contribution < -0.4 is 0 Å². The van der Waals surface area contributed by atoms with Gasteiger partial charge in [0.1, 0.15) is 6.26 Å². The lowest BCUT2D eigenvalue weighted by Gasteiger charge is -1.93. The lowest BCUT2D eigenvalue weighted by Crippen LogP contribution is -1.80. The van der Waals surface area contributed by atoms with Gasteiger partial charge in [0.05, 0.1) is 17.1 Å². The van der Waals surface area contributed by atoms with E-state index in [2.05, 4.69) is 24.2 Å². The van der Waals surface area contributed by atoms with Crippen molar-refractivity contribution in [1.82, 2.24) is 4.98 Å². The fraction of sp³-hybridized carbons (Fsp3) is 0.300. The van der Waals surface area contributed by atoms with Crippen molar-refractivity contribution in [1.29, 1.82) is 0 Å². The maximum atomic E-state index is 5.65. The normalized spacial score (nSPS) is 10.8. The smallest absolute Gasteiger partial charge is 0.227 e. The molecule has 2 aromatic heterocycles. The van der Waals surface area contributed by atoms with Gasteiger partial charge >= 0.3 is 0 Å². The number of hydrogen-bond acceptors (Lipinski definition) is 3. The van der Waals surface area contributed by atoms with Crippen LogP contribution in [0.2, 0.25) is 0 Å². The van der Waals surface area contributed by atoms with E-state index in [4.69, 9.17) is 16.0 Å². The van der Waals surface area contributed by atoms with Crippen molar-refractivity contribution in [2.45, 2.75) is 19.7 Å². The van der Waals surface area contributed by atoms with E-state index in [0.717, 1.165) is 11.3 Å². The van der Waals surface area contributed by atoms with E-state index in [9.17, 15) is 0 Å². The Morgan fingerprint density at radius 1 is 1.50 bits per heavy atom. The third-order valence-electron chi connectivity index (χ3n) is 2.20. The topological polar surface area (TPSA) is 26.0 Å². The van der Waals surface area contributed by atoms with Gasteiger partial charge in [0.25, 0.3) is 0 Å². The minimum atomic E-state index is 0.395. The minimum absolute atomic E-state index is 0.395. The highest BCUT2D eigenvalue weighted by atomic mass is 35.5. The molecular formula is C10H10ClNOS. The van der Waals surface area contributed by atoms with Gasteiger partial charge in [-0.1, -0.05) is 0 Å². The Kier molecular flexibility index (Phi) is 2.61. The zero-order valence-electron chi connectivity index (χ0n) is 8.00. The van der Waals surface area contributed by atoms with Crippen LogP contribution in [0, 0.1) is 13.8 Å². The Labute approximate surface area is 91.5 Å². The predicted octanol–water partition coefficient (Wildman–Crippen LogP) is 3.76. The minimum Gasteiger partial charge on any atom is -0.444 e. The summed E-state index contributed by atoms with van der Waals surface area (Å²) in [6.07, 6.45) is 1.61. The predicted molar refractivity (Wildman–Crippen MR) is 58.8 cm³/mol. The standard InChI is InChI=1S/C10H10ClNOS/c1-6-7(2)14-5-9(6)10-12-8(3-11)4-13-10/h4-5H,3H2,1-2H3. The summed E-state index contributed by atoms with van der Waals surface area (Å²) < 4.78 is 5.35. The Balaban J connectivity index is 2.44. The van der Waals surface area contributed by atoms with E-state index in [0.29, 0.717) is 11.8 Å². The molecule has 2 rings (SSSR count). The Morgan fingerprint density at radius 2 is 2.29 bits per heavy atom. The molecule has 0 saturated carbocycles. The van der Waals surface area contributed by atoms with Gasteiger partial charge in [0.2, 0.25) is 5.89 Å². The maximum absolute atomic E-state index is 5.65. The summed E-state index contributed by atoms with van der Waals surface area (Å²) in [7, 11) is 0. The number of halogens is 1. The van der Waals surface area contributed by atoms with Gasteiger partial charge in [-0.25, -0.2) is 4.98 Å². The third kappa shape index (κ3) is 1.57. The Hall–Kier alpha value is -0.800. The zero-order valence-corrected chi connectivity index (χ0v) is 9.58. The number of thiophene rings is 1. The molecular weight excluding hydrogens is 218 g/mol. The van der Waals surface area contributed by atoms with Crippen LogP contribution in [0.1, 0.15) is 16.1 Å². The molecule has 0 saturated heterocycles. The van der Waals surface area contributed by atoms with Gasteiger partial charge < -0.3 is 4.42 Å². The average molecular weight is 228 g/mol. The van der Waals surface area contributed by atoms with Crippen LogP contribution in [0.4, 0.5) is 0 Å². The summed E-state index contributed by atoms with van der Waals surface area (Å²) in [5.74, 6) is 1.06. The van der Waals surface area contributed by atoms with E-state index < -0.39 is 0 Å². The molecule has 0 aromatic carbocycles. The quantitative estimate of drug-likeness (QED) is 0.731. The van der Waals surface area contributed by atoms with Crippen molar-refractivity contribution in [3.05, 3.63) is 27.8 Å². The molecule has 0 fully saturated rings. The Morgan fingerprint density at radius 3 is 2.79 bits per heavy atom. The first-order valence-corrected chi connectivity index (χ1v) is 5.69. The first-order chi connectivity index (χ1) is 6.72. The number of aryl methyl sites for hydroxylation is 1. The average Bonchev–Trinajstić information content (AvgIpc) is 2.75. The molecule has 0 atom stereocenters. The third-order valence-corrected chi connectivity index (χ3v) is 3.49. The van der Waals surface area contributed by atoms with Crippen LogP contribution in [-0.2, 0) is 5.88 Å². The van der Waals surface area contributed by atoms with E-state index >= 15 is 0 Å². The molecule has 0 spiro atoms. The van der Waals surface area contributed by atoms with Crippen LogP contribution in [0.3, 0.4) is 0 Å². The number of nitrogens with zero attached hydrogens (tertiary/aromatic N) is 1. The molecule has 0 aliphatic carbocycles. The molecule has 0 aliphatic heterocycles. The van der Waals surface area contributed by atoms with Gasteiger partial charge in [-0.2, -0.15) is 0 Å². The number of oxazole rings is 1. The highest BCUT2D eigenvalue weighted by molar-refractivity contribution is 7.10. The van der Waals surface area contributed by atoms with Crippen molar-refractivity contribution >= 4 is 22.9 Å². The SMILES string of the molecule is Cc1scc(-c2nc(CCl)co2)c1C. The highest BCUT2D eigenvalue weighted by Crippen LogP contribution is 2.29. The van der Waals surface area contributed by atoms with Crippen molar-refractivity contribution in [2.24, 2.45) is 0 Å². The molecule has 0 aliphatic rings. The van der Waals surface area contributed by atoms with Gasteiger partial charge in [0.15, 0.2) is 0 Å². The number of rotatable bonds is 2. The first-order valence-electron chi connectivity index (χ1n) is 4.28. The van der Waals surface area contributed by atoms with E-state index in [-0.39, 0.29) is 0 Å². The summed E-state index contributed by atoms with van der Waals surface area (Å²) in [5, 5.41) is 2.06. The van der Waals surface area contributed by atoms with E-state index in [1.165, 1.54) is 10.4 Å². The summed E-state index contributed by atoms with van der Waals surface area (Å²) >= 11 is 7.36. The first kappa shape index (κ1) is 9.74. The van der Waals surface area contributed by atoms with Crippen LogP contribution in [0.15, 0.2) is 16.1 Å². The monoisotopic (exact) mass is 227 g/mol. The molecule has 0 unspecified atom stereocenters. The lowest BCUT2D eigenvalue weighted by molar-refractivity contribution is 0.573. The molecule has 0 radical (unpaired) electrons. The molecule has 74 valence electrons. The fourth-order valence-corrected chi connectivity index (χ4v) is 2.20. The molecule has 0 amide bonds. The summed E-state index contributed by atoms with van der Waals surface area (Å²) in [5.41, 5.74) is 3.09. The largest absolute Gasteiger partial charge is 0.444 e. The van der Waals surface area contributed by atoms with Crippen LogP contribution in [0.5, 0.6) is 0 Å². The number of aromatic nitrogens is 1. The van der Waals surface area contributed by atoms with Crippen LogP contribution >= 0.6 is 22.9 Å². The zero-order chi connectivity index (χ0) is 10.1. The van der Waals surface area contributed by atoms with Crippen molar-refractivity contribution in [3.8, 4) is 11.5 Å². The maximum Gasteiger partial charge on any atom is 0.227 e. The van der Waals surface area contributed by atoms with Crippen molar-refractivity contribution in [2.75, 3.05) is 0 Å². The molecule has 2 nitrogen and oxygen atoms in total. The van der Waals surface area contributed by atoms with Gasteiger partial charge in [-0.05, 0) is 19.4 Å². The van der Waals surface area contributed by atoms with Crippen molar-refractivity contribution in [3.63, 3.8) is 0 Å².